The zero-order valence-electron chi connectivity index (χ0n) is 24.2. The Bertz CT molecular complexity index is 1570. The Labute approximate surface area is 246 Å². The predicted molar refractivity (Wildman–Crippen MR) is 149 cm³/mol. The highest BCUT2D eigenvalue weighted by Crippen LogP contribution is 2.41. The summed E-state index contributed by atoms with van der Waals surface area (Å²) in [6, 6.07) is 9.78. The number of amides is 1. The first-order valence-corrected chi connectivity index (χ1v) is 12.7. The van der Waals surface area contributed by atoms with Gasteiger partial charge in [0, 0.05) is 37.7 Å². The van der Waals surface area contributed by atoms with Gasteiger partial charge in [0.2, 0.25) is 0 Å². The Morgan fingerprint density at radius 1 is 1.05 bits per heavy atom. The standard InChI is InChI=1S/C28H29N5O10/c1-7-15(2)23(27(35)36)43-25-22(33(37)38)24(41-19-12-17(26(34)32(3)4)11-18(13-19)39-5)30-28(31-25)42-21-10-16(14-29)8-9-20(21)40-6/h8-13,15,23H,7H2,1-6H3,(H,35,36). The van der Waals surface area contributed by atoms with Gasteiger partial charge in [0.15, 0.2) is 17.6 Å². The summed E-state index contributed by atoms with van der Waals surface area (Å²) < 4.78 is 27.7. The maximum atomic E-state index is 12.6. The third-order valence-corrected chi connectivity index (χ3v) is 6.10. The van der Waals surface area contributed by atoms with Crippen LogP contribution in [-0.2, 0) is 4.79 Å². The number of benzene rings is 2. The van der Waals surface area contributed by atoms with Crippen LogP contribution in [-0.4, -0.2) is 71.2 Å². The zero-order valence-corrected chi connectivity index (χ0v) is 24.2. The first-order valence-electron chi connectivity index (χ1n) is 12.7. The number of hydrogen-bond acceptors (Lipinski definition) is 12. The van der Waals surface area contributed by atoms with Gasteiger partial charge in [0.05, 0.1) is 30.8 Å². The van der Waals surface area contributed by atoms with Crippen LogP contribution < -0.4 is 23.7 Å². The van der Waals surface area contributed by atoms with Gasteiger partial charge < -0.3 is 33.7 Å². The van der Waals surface area contributed by atoms with E-state index in [0.717, 1.165) is 0 Å². The monoisotopic (exact) mass is 595 g/mol. The number of ether oxygens (including phenoxy) is 5. The third kappa shape index (κ3) is 7.55. The molecule has 15 nitrogen and oxygen atoms in total. The molecule has 43 heavy (non-hydrogen) atoms. The molecule has 0 aliphatic carbocycles. The van der Waals surface area contributed by atoms with E-state index in [9.17, 15) is 30.1 Å². The molecule has 226 valence electrons. The lowest BCUT2D eigenvalue weighted by Gasteiger charge is -2.20. The second-order valence-corrected chi connectivity index (χ2v) is 9.26. The van der Waals surface area contributed by atoms with Crippen LogP contribution in [0, 0.1) is 27.4 Å². The maximum Gasteiger partial charge on any atom is 0.392 e. The molecular formula is C28H29N5O10. The second kappa shape index (κ2) is 13.8. The first kappa shape index (κ1) is 31.9. The van der Waals surface area contributed by atoms with Gasteiger partial charge in [0.25, 0.3) is 5.91 Å². The van der Waals surface area contributed by atoms with E-state index in [0.29, 0.717) is 6.42 Å². The lowest BCUT2D eigenvalue weighted by molar-refractivity contribution is -0.387. The van der Waals surface area contributed by atoms with Crippen molar-refractivity contribution in [3.05, 3.63) is 57.6 Å². The molecule has 0 bridgehead atoms. The fourth-order valence-corrected chi connectivity index (χ4v) is 3.66. The molecule has 0 aliphatic heterocycles. The van der Waals surface area contributed by atoms with Crippen LogP contribution >= 0.6 is 0 Å². The number of nitriles is 1. The molecule has 0 spiro atoms. The van der Waals surface area contributed by atoms with E-state index in [2.05, 4.69) is 9.97 Å². The van der Waals surface area contributed by atoms with Crippen molar-refractivity contribution in [1.29, 1.82) is 5.26 Å². The number of carbonyl (C=O) groups excluding carboxylic acids is 1. The van der Waals surface area contributed by atoms with Gasteiger partial charge in [-0.2, -0.15) is 15.2 Å². The molecule has 0 saturated carbocycles. The third-order valence-electron chi connectivity index (χ3n) is 6.10. The number of nitrogens with zero attached hydrogens (tertiary/aromatic N) is 5. The SMILES string of the molecule is CCC(C)C(Oc1nc(Oc2cc(C#N)ccc2OC)nc(Oc2cc(OC)cc(C(=O)N(C)C)c2)c1[N+](=O)[O-])C(=O)O. The summed E-state index contributed by atoms with van der Waals surface area (Å²) in [7, 11) is 5.79. The van der Waals surface area contributed by atoms with E-state index in [1.807, 2.05) is 6.07 Å². The summed E-state index contributed by atoms with van der Waals surface area (Å²) in [5.41, 5.74) is -0.560. The summed E-state index contributed by atoms with van der Waals surface area (Å²) in [6.45, 7) is 3.32. The minimum atomic E-state index is -1.53. The van der Waals surface area contributed by atoms with Crippen LogP contribution in [0.3, 0.4) is 0 Å². The molecule has 1 aromatic heterocycles. The van der Waals surface area contributed by atoms with E-state index in [4.69, 9.17) is 23.7 Å². The fraction of sp³-hybridized carbons (Fsp3) is 0.321. The minimum absolute atomic E-state index is 0.0238. The van der Waals surface area contributed by atoms with Crippen LogP contribution in [0.4, 0.5) is 5.69 Å². The quantitative estimate of drug-likeness (QED) is 0.215. The molecule has 3 aromatic rings. The van der Waals surface area contributed by atoms with Crippen LogP contribution in [0.25, 0.3) is 0 Å². The molecule has 2 atom stereocenters. The van der Waals surface area contributed by atoms with Gasteiger partial charge in [-0.25, -0.2) is 4.79 Å². The number of carbonyl (C=O) groups is 2. The number of aliphatic carboxylic acids is 1. The van der Waals surface area contributed by atoms with Gasteiger partial charge in [-0.15, -0.1) is 0 Å². The normalized spacial score (nSPS) is 11.8. The number of rotatable bonds is 13. The van der Waals surface area contributed by atoms with Gasteiger partial charge in [0.1, 0.15) is 11.5 Å². The molecule has 15 heteroatoms. The summed E-state index contributed by atoms with van der Waals surface area (Å²) in [5.74, 6) is -3.53. The molecule has 2 aromatic carbocycles. The van der Waals surface area contributed by atoms with E-state index < -0.39 is 52.3 Å². The highest BCUT2D eigenvalue weighted by Gasteiger charge is 2.35. The first-order chi connectivity index (χ1) is 20.4. The van der Waals surface area contributed by atoms with Crippen molar-refractivity contribution < 1.29 is 43.3 Å². The number of carboxylic acid groups (broad SMARTS) is 1. The highest BCUT2D eigenvalue weighted by atomic mass is 16.6. The molecule has 1 amide bonds. The van der Waals surface area contributed by atoms with Gasteiger partial charge in [-0.05, 0) is 30.7 Å². The number of aromatic nitrogens is 2. The molecule has 0 aliphatic rings. The zero-order chi connectivity index (χ0) is 31.8. The molecule has 0 fully saturated rings. The summed E-state index contributed by atoms with van der Waals surface area (Å²) >= 11 is 0. The molecule has 3 rings (SSSR count). The van der Waals surface area contributed by atoms with E-state index in [1.165, 1.54) is 69.6 Å². The van der Waals surface area contributed by atoms with Crippen molar-refractivity contribution >= 4 is 17.6 Å². The predicted octanol–water partition coefficient (Wildman–Crippen LogP) is 4.44. The van der Waals surface area contributed by atoms with Crippen molar-refractivity contribution in [3.63, 3.8) is 0 Å². The average molecular weight is 596 g/mol. The summed E-state index contributed by atoms with van der Waals surface area (Å²) in [6.07, 6.45) is -1.16. The van der Waals surface area contributed by atoms with Crippen LogP contribution in [0.2, 0.25) is 0 Å². The number of hydrogen-bond donors (Lipinski definition) is 1. The number of methoxy groups -OCH3 is 2. The van der Waals surface area contributed by atoms with E-state index in [-0.39, 0.29) is 34.1 Å². The lowest BCUT2D eigenvalue weighted by Crippen LogP contribution is -2.34. The summed E-state index contributed by atoms with van der Waals surface area (Å²) in [4.78, 5) is 45.4. The van der Waals surface area contributed by atoms with Crippen molar-refractivity contribution in [3.8, 4) is 46.8 Å². The molecule has 2 unspecified atom stereocenters. The minimum Gasteiger partial charge on any atom is -0.497 e. The molecule has 1 N–H and O–H groups in total. The van der Waals surface area contributed by atoms with Crippen molar-refractivity contribution in [1.82, 2.24) is 14.9 Å². The molecular weight excluding hydrogens is 566 g/mol. The van der Waals surface area contributed by atoms with E-state index in [1.54, 1.807) is 13.8 Å². The van der Waals surface area contributed by atoms with Crippen molar-refractivity contribution in [2.24, 2.45) is 5.92 Å². The number of nitro groups is 1. The Hall–Kier alpha value is -5.65. The van der Waals surface area contributed by atoms with E-state index >= 15 is 0 Å². The smallest absolute Gasteiger partial charge is 0.392 e. The Morgan fingerprint density at radius 2 is 1.72 bits per heavy atom. The average Bonchev–Trinajstić information content (AvgIpc) is 2.98. The Morgan fingerprint density at radius 3 is 2.28 bits per heavy atom. The Balaban J connectivity index is 2.25. The fourth-order valence-electron chi connectivity index (χ4n) is 3.66. The second-order valence-electron chi connectivity index (χ2n) is 9.26. The summed E-state index contributed by atoms with van der Waals surface area (Å²) in [5, 5.41) is 31.4. The van der Waals surface area contributed by atoms with Crippen LogP contribution in [0.15, 0.2) is 36.4 Å². The molecule has 0 saturated heterocycles. The van der Waals surface area contributed by atoms with Crippen molar-refractivity contribution in [2.45, 2.75) is 26.4 Å². The molecule has 1 heterocycles. The largest absolute Gasteiger partial charge is 0.497 e. The topological polar surface area (TPSA) is 196 Å². The van der Waals surface area contributed by atoms with Crippen molar-refractivity contribution in [2.75, 3.05) is 28.3 Å². The maximum absolute atomic E-state index is 12.6. The van der Waals surface area contributed by atoms with Gasteiger partial charge >= 0.3 is 29.4 Å². The van der Waals surface area contributed by atoms with Gasteiger partial charge in [-0.3, -0.25) is 14.9 Å². The van der Waals surface area contributed by atoms with Crippen LogP contribution in [0.5, 0.6) is 40.8 Å². The highest BCUT2D eigenvalue weighted by molar-refractivity contribution is 5.94. The van der Waals surface area contributed by atoms with Crippen LogP contribution in [0.1, 0.15) is 36.2 Å². The van der Waals surface area contributed by atoms with Gasteiger partial charge in [-0.1, -0.05) is 13.8 Å². The number of carboxylic acids is 1. The Kier molecular flexibility index (Phi) is 10.2. The lowest BCUT2D eigenvalue weighted by atomic mass is 10.0. The molecule has 0 radical (unpaired) electrons.